The molecule has 0 amide bonds. The zero-order valence-corrected chi connectivity index (χ0v) is 36.5. The Hall–Kier alpha value is -7.69. The zero-order chi connectivity index (χ0) is 46.5. The predicted octanol–water partition coefficient (Wildman–Crippen LogP) is 11.0. The highest BCUT2D eigenvalue weighted by atomic mass is 19.4. The molecule has 0 bridgehead atoms. The number of carbonyl (C=O) groups excluding carboxylic acids is 2. The minimum Gasteiger partial charge on any atom is -0.492 e. The minimum absolute atomic E-state index is 0.151. The molecule has 0 atom stereocenters. The molecule has 4 aromatic heterocycles. The highest BCUT2D eigenvalue weighted by molar-refractivity contribution is 6.06. The summed E-state index contributed by atoms with van der Waals surface area (Å²) in [5, 5.41) is 7.58. The van der Waals surface area contributed by atoms with Gasteiger partial charge in [-0.15, -0.1) is 13.2 Å². The largest absolute Gasteiger partial charge is 0.573 e. The number of benzene rings is 3. The van der Waals surface area contributed by atoms with Gasteiger partial charge >= 0.3 is 18.3 Å². The van der Waals surface area contributed by atoms with E-state index in [4.69, 9.17) is 23.7 Å². The van der Waals surface area contributed by atoms with E-state index in [-0.39, 0.29) is 24.5 Å². The molecule has 2 N–H and O–H groups in total. The second-order valence-electron chi connectivity index (χ2n) is 13.9. The zero-order valence-electron chi connectivity index (χ0n) is 36.5. The van der Waals surface area contributed by atoms with E-state index in [1.165, 1.54) is 24.5 Å². The molecule has 0 unspecified atom stereocenters. The Morgan fingerprint density at radius 1 is 0.585 bits per heavy atom. The summed E-state index contributed by atoms with van der Waals surface area (Å²) in [6.45, 7) is 12.7. The summed E-state index contributed by atoms with van der Waals surface area (Å²) in [5.41, 5.74) is 5.94. The molecule has 3 aromatic carbocycles. The number of hydrogen-bond donors (Lipinski definition) is 2. The van der Waals surface area contributed by atoms with Gasteiger partial charge in [-0.3, -0.25) is 0 Å². The van der Waals surface area contributed by atoms with Crippen molar-refractivity contribution in [3.63, 3.8) is 0 Å². The molecule has 0 aliphatic rings. The van der Waals surface area contributed by atoms with Gasteiger partial charge in [0.1, 0.15) is 40.7 Å². The second kappa shape index (κ2) is 21.6. The van der Waals surface area contributed by atoms with E-state index in [1.807, 2.05) is 81.4 Å². The molecule has 14 nitrogen and oxygen atoms in total. The Bertz CT molecular complexity index is 2740. The molecular formula is C48H47F3N6O8. The van der Waals surface area contributed by atoms with Gasteiger partial charge in [0.05, 0.1) is 49.2 Å². The van der Waals surface area contributed by atoms with Crippen molar-refractivity contribution < 1.29 is 51.2 Å². The number of halogens is 3. The van der Waals surface area contributed by atoms with Crippen LogP contribution >= 0.6 is 0 Å². The average Bonchev–Trinajstić information content (AvgIpc) is 3.28. The van der Waals surface area contributed by atoms with Gasteiger partial charge in [0.15, 0.2) is 11.3 Å². The number of nitrogens with zero attached hydrogens (tertiary/aromatic N) is 4. The summed E-state index contributed by atoms with van der Waals surface area (Å²) in [7, 11) is 0. The number of alkyl halides is 3. The van der Waals surface area contributed by atoms with Gasteiger partial charge in [0, 0.05) is 34.5 Å². The lowest BCUT2D eigenvalue weighted by Crippen LogP contribution is -2.17. The van der Waals surface area contributed by atoms with Crippen LogP contribution in [-0.4, -0.2) is 64.7 Å². The van der Waals surface area contributed by atoms with E-state index < -0.39 is 18.3 Å². The normalized spacial score (nSPS) is 11.0. The number of aromatic nitrogens is 4. The molecule has 17 heteroatoms. The number of hydrogen-bond acceptors (Lipinski definition) is 14. The maximum Gasteiger partial charge on any atom is 0.573 e. The Kier molecular flexibility index (Phi) is 15.6. The van der Waals surface area contributed by atoms with Gasteiger partial charge < -0.3 is 39.1 Å². The Labute approximate surface area is 373 Å². The van der Waals surface area contributed by atoms with Gasteiger partial charge in [-0.25, -0.2) is 29.5 Å². The number of rotatable bonds is 16. The first kappa shape index (κ1) is 46.8. The number of carbonyl (C=O) groups is 2. The van der Waals surface area contributed by atoms with Crippen molar-refractivity contribution >= 4 is 56.8 Å². The van der Waals surface area contributed by atoms with Crippen molar-refractivity contribution in [1.29, 1.82) is 0 Å². The standard InChI is InChI=1S/C27H27N3O4.C21H20F3N3O4/c1-4-32-24-15-22-25(23(27(31)33-5-2)16-28-26(22)29-18(24)3)30-20-11-13-21(14-12-20)34-17-19-9-7-6-8-10-19;1-4-29-17-10-15-18(27-13-6-8-14(9-7-13)31-21(22,23)24)16(20(28)30-5-2)11-25-19(15)26-12(17)3/h6-16H,4-5,17H2,1-3H3,(H,28,29,30);6-11H,4-5H2,1-3H3,(H,25,26,27). The third-order valence-electron chi connectivity index (χ3n) is 9.32. The van der Waals surface area contributed by atoms with Gasteiger partial charge in [-0.05, 0) is 108 Å². The van der Waals surface area contributed by atoms with Crippen LogP contribution in [0.2, 0.25) is 0 Å². The molecule has 0 fully saturated rings. The van der Waals surface area contributed by atoms with Crippen LogP contribution in [-0.2, 0) is 16.1 Å². The summed E-state index contributed by atoms with van der Waals surface area (Å²) in [6, 6.07) is 26.2. The number of ether oxygens (including phenoxy) is 6. The van der Waals surface area contributed by atoms with Crippen molar-refractivity contribution in [2.24, 2.45) is 0 Å². The number of fused-ring (bicyclic) bond motifs is 2. The van der Waals surface area contributed by atoms with Crippen LogP contribution in [0.3, 0.4) is 0 Å². The second-order valence-corrected chi connectivity index (χ2v) is 13.9. The fraction of sp³-hybridized carbons (Fsp3) is 0.250. The summed E-state index contributed by atoms with van der Waals surface area (Å²) >= 11 is 0. The fourth-order valence-electron chi connectivity index (χ4n) is 6.39. The van der Waals surface area contributed by atoms with Crippen LogP contribution < -0.4 is 29.6 Å². The fourth-order valence-corrected chi connectivity index (χ4v) is 6.39. The maximum atomic E-state index is 12.7. The molecule has 7 aromatic rings. The van der Waals surface area contributed by atoms with Crippen molar-refractivity contribution in [3.05, 3.63) is 131 Å². The summed E-state index contributed by atoms with van der Waals surface area (Å²) in [4.78, 5) is 42.8. The molecule has 338 valence electrons. The van der Waals surface area contributed by atoms with E-state index >= 15 is 0 Å². The molecule has 0 radical (unpaired) electrons. The van der Waals surface area contributed by atoms with Crippen molar-refractivity contribution in [2.45, 2.75) is 54.5 Å². The van der Waals surface area contributed by atoms with Crippen LogP contribution in [0.5, 0.6) is 23.0 Å². The van der Waals surface area contributed by atoms with Crippen molar-refractivity contribution in [1.82, 2.24) is 19.9 Å². The van der Waals surface area contributed by atoms with E-state index in [0.717, 1.165) is 34.8 Å². The van der Waals surface area contributed by atoms with Crippen molar-refractivity contribution in [3.8, 4) is 23.0 Å². The SMILES string of the molecule is CCOC(=O)c1cnc2nc(C)c(OCC)cc2c1Nc1ccc(OC(F)(F)F)cc1.CCOC(=O)c1cnc2nc(C)c(OCC)cc2c1Nc1ccc(OCc2ccccc2)cc1. The van der Waals surface area contributed by atoms with Crippen LogP contribution in [0.15, 0.2) is 103 Å². The third-order valence-corrected chi connectivity index (χ3v) is 9.32. The van der Waals surface area contributed by atoms with Crippen LogP contribution in [0, 0.1) is 13.8 Å². The lowest BCUT2D eigenvalue weighted by Gasteiger charge is -2.16. The van der Waals surface area contributed by atoms with Gasteiger partial charge in [-0.1, -0.05) is 30.3 Å². The Morgan fingerprint density at radius 3 is 1.45 bits per heavy atom. The van der Waals surface area contributed by atoms with E-state index in [1.54, 1.807) is 26.8 Å². The van der Waals surface area contributed by atoms with Gasteiger partial charge in [0.2, 0.25) is 0 Å². The van der Waals surface area contributed by atoms with Crippen molar-refractivity contribution in [2.75, 3.05) is 37.1 Å². The van der Waals surface area contributed by atoms with Crippen LogP contribution in [0.4, 0.5) is 35.9 Å². The maximum absolute atomic E-state index is 12.7. The first-order valence-electron chi connectivity index (χ1n) is 20.7. The quantitative estimate of drug-likeness (QED) is 0.0880. The minimum atomic E-state index is -4.79. The summed E-state index contributed by atoms with van der Waals surface area (Å²) in [6.07, 6.45) is -1.95. The Morgan fingerprint density at radius 2 is 1.03 bits per heavy atom. The average molecular weight is 893 g/mol. The molecular weight excluding hydrogens is 846 g/mol. The number of aryl methyl sites for hydroxylation is 2. The molecule has 0 aliphatic heterocycles. The molecule has 4 heterocycles. The van der Waals surface area contributed by atoms with Crippen LogP contribution in [0.1, 0.15) is 65.4 Å². The van der Waals surface area contributed by atoms with Crippen LogP contribution in [0.25, 0.3) is 22.1 Å². The topological polar surface area (TPSA) is 165 Å². The Balaban J connectivity index is 0.000000216. The first-order valence-corrected chi connectivity index (χ1v) is 20.7. The number of esters is 2. The van der Waals surface area contributed by atoms with E-state index in [9.17, 15) is 22.8 Å². The third kappa shape index (κ3) is 12.3. The van der Waals surface area contributed by atoms with E-state index in [0.29, 0.717) is 81.7 Å². The lowest BCUT2D eigenvalue weighted by molar-refractivity contribution is -0.274. The van der Waals surface area contributed by atoms with Gasteiger partial charge in [-0.2, -0.15) is 0 Å². The highest BCUT2D eigenvalue weighted by Crippen LogP contribution is 2.35. The van der Waals surface area contributed by atoms with Gasteiger partial charge in [0.25, 0.3) is 0 Å². The molecule has 0 saturated heterocycles. The molecule has 0 spiro atoms. The number of nitrogens with one attached hydrogen (secondary N) is 2. The summed E-state index contributed by atoms with van der Waals surface area (Å²) < 4.78 is 68.7. The first-order chi connectivity index (χ1) is 31.3. The summed E-state index contributed by atoms with van der Waals surface area (Å²) in [5.74, 6) is 0.491. The number of anilines is 4. The molecule has 0 aliphatic carbocycles. The molecule has 65 heavy (non-hydrogen) atoms. The lowest BCUT2D eigenvalue weighted by atomic mass is 10.1. The molecule has 7 rings (SSSR count). The number of pyridine rings is 4. The highest BCUT2D eigenvalue weighted by Gasteiger charge is 2.31. The molecule has 0 saturated carbocycles. The predicted molar refractivity (Wildman–Crippen MR) is 240 cm³/mol. The smallest absolute Gasteiger partial charge is 0.492 e. The monoisotopic (exact) mass is 892 g/mol. The van der Waals surface area contributed by atoms with E-state index in [2.05, 4.69) is 35.3 Å².